The minimum Gasteiger partial charge on any atom is -0.493 e. The normalized spacial score (nSPS) is 16.9. The Hall–Kier alpha value is -2.49. The Morgan fingerprint density at radius 2 is 1.84 bits per heavy atom. The van der Waals surface area contributed by atoms with E-state index in [4.69, 9.17) is 25.8 Å². The molecule has 1 fully saturated rings. The minimum atomic E-state index is -3.80. The summed E-state index contributed by atoms with van der Waals surface area (Å²) in [5.74, 6) is 0.741. The van der Waals surface area contributed by atoms with Crippen molar-refractivity contribution in [2.24, 2.45) is 5.92 Å². The number of anilines is 1. The van der Waals surface area contributed by atoms with Crippen molar-refractivity contribution in [3.05, 3.63) is 41.4 Å². The first kappa shape index (κ1) is 24.2. The molecule has 8 nitrogen and oxygen atoms in total. The molecule has 1 unspecified atom stereocenters. The first-order chi connectivity index (χ1) is 15.3. The van der Waals surface area contributed by atoms with Crippen LogP contribution in [0.5, 0.6) is 17.2 Å². The topological polar surface area (TPSA) is 94.2 Å². The fourth-order valence-electron chi connectivity index (χ4n) is 3.60. The maximum absolute atomic E-state index is 13.2. The van der Waals surface area contributed by atoms with E-state index >= 15 is 0 Å². The minimum absolute atomic E-state index is 0.0758. The molecule has 2 aromatic carbocycles. The van der Waals surface area contributed by atoms with Crippen LogP contribution in [0.15, 0.2) is 41.3 Å². The molecule has 1 N–H and O–H groups in total. The molecule has 174 valence electrons. The van der Waals surface area contributed by atoms with Crippen LogP contribution in [0, 0.1) is 5.92 Å². The number of nitrogens with zero attached hydrogens (tertiary/aromatic N) is 1. The van der Waals surface area contributed by atoms with Gasteiger partial charge in [-0.1, -0.05) is 11.6 Å². The SMILES string of the molecule is CCOc1ccc(S(=O)(=O)N2CCCC(C(=O)Nc3ccc(OC)c(OC)c3)C2)cc1Cl. The smallest absolute Gasteiger partial charge is 0.243 e. The standard InChI is InChI=1S/C22H27ClN2O6S/c1-4-31-19-10-8-17(13-18(19)23)32(27,28)25-11-5-6-15(14-25)22(26)24-16-7-9-20(29-2)21(12-16)30-3/h7-10,12-13,15H,4-6,11,14H2,1-3H3,(H,24,26). The van der Waals surface area contributed by atoms with Gasteiger partial charge >= 0.3 is 0 Å². The largest absolute Gasteiger partial charge is 0.493 e. The Morgan fingerprint density at radius 3 is 2.50 bits per heavy atom. The number of halogens is 1. The second kappa shape index (κ2) is 10.4. The van der Waals surface area contributed by atoms with E-state index in [9.17, 15) is 13.2 Å². The Balaban J connectivity index is 1.73. The van der Waals surface area contributed by atoms with Crippen LogP contribution in [-0.2, 0) is 14.8 Å². The number of sulfonamides is 1. The number of hydrogen-bond donors (Lipinski definition) is 1. The van der Waals surface area contributed by atoms with E-state index in [-0.39, 0.29) is 22.4 Å². The third-order valence-electron chi connectivity index (χ3n) is 5.25. The van der Waals surface area contributed by atoms with Crippen molar-refractivity contribution in [2.75, 3.05) is 39.2 Å². The van der Waals surface area contributed by atoms with Crippen LogP contribution < -0.4 is 19.5 Å². The summed E-state index contributed by atoms with van der Waals surface area (Å²) in [6.45, 7) is 2.68. The highest BCUT2D eigenvalue weighted by Crippen LogP contribution is 2.32. The van der Waals surface area contributed by atoms with E-state index in [2.05, 4.69) is 5.32 Å². The molecule has 0 aromatic heterocycles. The lowest BCUT2D eigenvalue weighted by Crippen LogP contribution is -2.43. The average molecular weight is 483 g/mol. The molecule has 0 aliphatic carbocycles. The molecule has 10 heteroatoms. The van der Waals surface area contributed by atoms with E-state index in [0.29, 0.717) is 48.9 Å². The van der Waals surface area contributed by atoms with Gasteiger partial charge in [0.25, 0.3) is 0 Å². The number of methoxy groups -OCH3 is 2. The van der Waals surface area contributed by atoms with Gasteiger partial charge in [0.1, 0.15) is 5.75 Å². The van der Waals surface area contributed by atoms with Crippen molar-refractivity contribution < 1.29 is 27.4 Å². The van der Waals surface area contributed by atoms with Gasteiger partial charge in [0.15, 0.2) is 11.5 Å². The molecule has 0 radical (unpaired) electrons. The highest BCUT2D eigenvalue weighted by atomic mass is 35.5. The molecule has 1 aliphatic heterocycles. The monoisotopic (exact) mass is 482 g/mol. The van der Waals surface area contributed by atoms with Crippen LogP contribution in [0.3, 0.4) is 0 Å². The number of hydrogen-bond acceptors (Lipinski definition) is 6. The summed E-state index contributed by atoms with van der Waals surface area (Å²) in [6.07, 6.45) is 1.17. The third-order valence-corrected chi connectivity index (χ3v) is 7.40. The van der Waals surface area contributed by atoms with Gasteiger partial charge in [-0.05, 0) is 50.1 Å². The number of ether oxygens (including phenoxy) is 3. The lowest BCUT2D eigenvalue weighted by molar-refractivity contribution is -0.120. The van der Waals surface area contributed by atoms with Gasteiger partial charge in [-0.3, -0.25) is 4.79 Å². The number of nitrogens with one attached hydrogen (secondary N) is 1. The van der Waals surface area contributed by atoms with Crippen molar-refractivity contribution in [3.8, 4) is 17.2 Å². The van der Waals surface area contributed by atoms with Crippen LogP contribution in [0.25, 0.3) is 0 Å². The number of carbonyl (C=O) groups is 1. The van der Waals surface area contributed by atoms with Gasteiger partial charge in [0, 0.05) is 24.8 Å². The fraction of sp³-hybridized carbons (Fsp3) is 0.409. The van der Waals surface area contributed by atoms with Crippen LogP contribution in [0.1, 0.15) is 19.8 Å². The number of rotatable bonds is 8. The van der Waals surface area contributed by atoms with Gasteiger partial charge in [0.05, 0.1) is 36.7 Å². The van der Waals surface area contributed by atoms with Crippen LogP contribution in [0.2, 0.25) is 5.02 Å². The number of benzene rings is 2. The number of piperidine rings is 1. The average Bonchev–Trinajstić information content (AvgIpc) is 2.80. The molecule has 1 aliphatic rings. The quantitative estimate of drug-likeness (QED) is 0.615. The van der Waals surface area contributed by atoms with Gasteiger partial charge in [-0.15, -0.1) is 0 Å². The molecule has 0 spiro atoms. The lowest BCUT2D eigenvalue weighted by Gasteiger charge is -2.31. The van der Waals surface area contributed by atoms with Gasteiger partial charge in [0.2, 0.25) is 15.9 Å². The van der Waals surface area contributed by atoms with Gasteiger partial charge < -0.3 is 19.5 Å². The second-order valence-corrected chi connectivity index (χ2v) is 9.63. The summed E-state index contributed by atoms with van der Waals surface area (Å²) in [5, 5.41) is 3.08. The van der Waals surface area contributed by atoms with Crippen molar-refractivity contribution >= 4 is 33.2 Å². The van der Waals surface area contributed by atoms with E-state index in [1.54, 1.807) is 24.3 Å². The van der Waals surface area contributed by atoms with Crippen molar-refractivity contribution in [1.82, 2.24) is 4.31 Å². The Morgan fingerprint density at radius 1 is 1.12 bits per heavy atom. The highest BCUT2D eigenvalue weighted by Gasteiger charge is 2.33. The molecule has 1 saturated heterocycles. The predicted octanol–water partition coefficient (Wildman–Crippen LogP) is 3.80. The second-order valence-electron chi connectivity index (χ2n) is 7.29. The van der Waals surface area contributed by atoms with Crippen molar-refractivity contribution in [2.45, 2.75) is 24.7 Å². The summed E-state index contributed by atoms with van der Waals surface area (Å²) >= 11 is 6.18. The van der Waals surface area contributed by atoms with E-state index in [1.165, 1.54) is 30.7 Å². The van der Waals surface area contributed by atoms with E-state index < -0.39 is 15.9 Å². The maximum Gasteiger partial charge on any atom is 0.243 e. The Labute approximate surface area is 193 Å². The lowest BCUT2D eigenvalue weighted by atomic mass is 9.98. The Kier molecular flexibility index (Phi) is 7.86. The van der Waals surface area contributed by atoms with E-state index in [0.717, 1.165) is 0 Å². The first-order valence-corrected chi connectivity index (χ1v) is 12.1. The van der Waals surface area contributed by atoms with Crippen LogP contribution in [0.4, 0.5) is 5.69 Å². The molecule has 0 bridgehead atoms. The molecular weight excluding hydrogens is 456 g/mol. The van der Waals surface area contributed by atoms with Gasteiger partial charge in [-0.25, -0.2) is 8.42 Å². The number of amides is 1. The predicted molar refractivity (Wildman–Crippen MR) is 122 cm³/mol. The van der Waals surface area contributed by atoms with Gasteiger partial charge in [-0.2, -0.15) is 4.31 Å². The molecule has 2 aromatic rings. The molecule has 1 amide bonds. The maximum atomic E-state index is 13.2. The third kappa shape index (κ3) is 5.28. The summed E-state index contributed by atoms with van der Waals surface area (Å²) in [6, 6.07) is 9.47. The molecule has 0 saturated carbocycles. The zero-order chi connectivity index (χ0) is 23.3. The number of carbonyl (C=O) groups excluding carboxylic acids is 1. The molecule has 3 rings (SSSR count). The summed E-state index contributed by atoms with van der Waals surface area (Å²) in [7, 11) is -0.752. The molecular formula is C22H27ClN2O6S. The summed E-state index contributed by atoms with van der Waals surface area (Å²) in [5.41, 5.74) is 0.547. The van der Waals surface area contributed by atoms with Crippen LogP contribution >= 0.6 is 11.6 Å². The van der Waals surface area contributed by atoms with Crippen LogP contribution in [-0.4, -0.2) is 52.5 Å². The Bertz CT molecular complexity index is 1080. The van der Waals surface area contributed by atoms with E-state index in [1.807, 2.05) is 6.92 Å². The zero-order valence-corrected chi connectivity index (χ0v) is 19.8. The molecule has 1 atom stereocenters. The fourth-order valence-corrected chi connectivity index (χ4v) is 5.45. The molecule has 1 heterocycles. The zero-order valence-electron chi connectivity index (χ0n) is 18.3. The van der Waals surface area contributed by atoms with Crippen molar-refractivity contribution in [3.63, 3.8) is 0 Å². The first-order valence-electron chi connectivity index (χ1n) is 10.3. The molecule has 32 heavy (non-hydrogen) atoms. The summed E-state index contributed by atoms with van der Waals surface area (Å²) in [4.78, 5) is 12.9. The summed E-state index contributed by atoms with van der Waals surface area (Å²) < 4.78 is 43.5. The van der Waals surface area contributed by atoms with Crippen molar-refractivity contribution in [1.29, 1.82) is 0 Å². The highest BCUT2D eigenvalue weighted by molar-refractivity contribution is 7.89.